The molecule has 1 N–H and O–H groups in total. The van der Waals surface area contributed by atoms with E-state index in [1.807, 2.05) is 0 Å². The third kappa shape index (κ3) is 3.10. The van der Waals surface area contributed by atoms with E-state index in [-0.39, 0.29) is 25.0 Å². The monoisotopic (exact) mass is 370 g/mol. The first-order valence-electron chi connectivity index (χ1n) is 7.41. The SMILES string of the molecule is CCOP(=O)(Cc1nnc2c(=O)[nH]c3ccc(Cl)cc3n12)OCC. The van der Waals surface area contributed by atoms with E-state index >= 15 is 0 Å². The molecule has 0 aliphatic carbocycles. The van der Waals surface area contributed by atoms with Crippen LogP contribution in [0, 0.1) is 0 Å². The average Bonchev–Trinajstić information content (AvgIpc) is 2.93. The Balaban J connectivity index is 2.22. The summed E-state index contributed by atoms with van der Waals surface area (Å²) in [5.41, 5.74) is 0.878. The number of fused-ring (bicyclic) bond motifs is 3. The number of halogens is 1. The molecule has 0 aliphatic rings. The molecule has 0 amide bonds. The van der Waals surface area contributed by atoms with Crippen LogP contribution >= 0.6 is 19.2 Å². The van der Waals surface area contributed by atoms with Crippen LogP contribution in [0.3, 0.4) is 0 Å². The maximum absolute atomic E-state index is 12.8. The van der Waals surface area contributed by atoms with Crippen LogP contribution in [-0.4, -0.2) is 32.8 Å². The molecule has 0 aliphatic heterocycles. The molecule has 3 rings (SSSR count). The van der Waals surface area contributed by atoms with Crippen LogP contribution in [0.4, 0.5) is 0 Å². The van der Waals surface area contributed by atoms with Crippen LogP contribution in [0.1, 0.15) is 19.7 Å². The number of aromatic nitrogens is 4. The van der Waals surface area contributed by atoms with Crippen LogP contribution in [0.25, 0.3) is 16.7 Å². The minimum atomic E-state index is -3.39. The van der Waals surface area contributed by atoms with Crippen molar-refractivity contribution >= 4 is 35.9 Å². The fourth-order valence-corrected chi connectivity index (χ4v) is 4.25. The minimum Gasteiger partial charge on any atom is -0.317 e. The lowest BCUT2D eigenvalue weighted by molar-refractivity contribution is 0.218. The Morgan fingerprint density at radius 2 is 1.96 bits per heavy atom. The van der Waals surface area contributed by atoms with Crippen molar-refractivity contribution in [2.24, 2.45) is 0 Å². The lowest BCUT2D eigenvalue weighted by atomic mass is 10.3. The Labute approximate surface area is 142 Å². The summed E-state index contributed by atoms with van der Waals surface area (Å²) in [5, 5.41) is 8.39. The van der Waals surface area contributed by atoms with Crippen molar-refractivity contribution in [1.29, 1.82) is 0 Å². The van der Waals surface area contributed by atoms with Crippen LogP contribution in [0.2, 0.25) is 5.02 Å². The molecular formula is C14H16ClN4O4P. The van der Waals surface area contributed by atoms with Gasteiger partial charge in [-0.15, -0.1) is 10.2 Å². The zero-order valence-electron chi connectivity index (χ0n) is 13.2. The Morgan fingerprint density at radius 3 is 2.62 bits per heavy atom. The lowest BCUT2D eigenvalue weighted by Gasteiger charge is -2.16. The molecule has 0 bridgehead atoms. The van der Waals surface area contributed by atoms with E-state index in [0.717, 1.165) is 0 Å². The van der Waals surface area contributed by atoms with Crippen molar-refractivity contribution in [2.45, 2.75) is 20.0 Å². The average molecular weight is 371 g/mol. The predicted molar refractivity (Wildman–Crippen MR) is 90.7 cm³/mol. The van der Waals surface area contributed by atoms with Crippen LogP contribution in [0.15, 0.2) is 23.0 Å². The predicted octanol–water partition coefficient (Wildman–Crippen LogP) is 2.99. The molecule has 24 heavy (non-hydrogen) atoms. The highest BCUT2D eigenvalue weighted by atomic mass is 35.5. The van der Waals surface area contributed by atoms with Crippen LogP contribution in [-0.2, 0) is 19.8 Å². The zero-order chi connectivity index (χ0) is 17.3. The molecule has 128 valence electrons. The van der Waals surface area contributed by atoms with E-state index in [0.29, 0.717) is 21.9 Å². The van der Waals surface area contributed by atoms with Crippen molar-refractivity contribution in [3.8, 4) is 0 Å². The molecule has 0 fully saturated rings. The van der Waals surface area contributed by atoms with E-state index in [4.69, 9.17) is 20.6 Å². The normalized spacial score (nSPS) is 12.3. The fraction of sp³-hybridized carbons (Fsp3) is 0.357. The minimum absolute atomic E-state index is 0.0963. The molecule has 2 aromatic heterocycles. The van der Waals surface area contributed by atoms with E-state index in [9.17, 15) is 9.36 Å². The maximum Gasteiger partial charge on any atom is 0.338 e. The molecule has 0 radical (unpaired) electrons. The number of nitrogens with one attached hydrogen (secondary N) is 1. The highest BCUT2D eigenvalue weighted by Gasteiger charge is 2.28. The standard InChI is InChI=1S/C14H16ClN4O4P/c1-3-22-24(21,23-4-2)8-12-17-18-13-14(20)16-10-6-5-9(15)7-11(10)19(12)13/h5-7H,3-4,8H2,1-2H3,(H,16,20). The van der Waals surface area contributed by atoms with Gasteiger partial charge >= 0.3 is 7.60 Å². The van der Waals surface area contributed by atoms with Gasteiger partial charge in [0.15, 0.2) is 0 Å². The van der Waals surface area contributed by atoms with Gasteiger partial charge in [0.25, 0.3) is 5.56 Å². The summed E-state index contributed by atoms with van der Waals surface area (Å²) in [4.78, 5) is 14.9. The number of hydrogen-bond acceptors (Lipinski definition) is 6. The van der Waals surface area contributed by atoms with Gasteiger partial charge in [-0.1, -0.05) is 11.6 Å². The molecule has 0 spiro atoms. The lowest BCUT2D eigenvalue weighted by Crippen LogP contribution is -2.12. The highest BCUT2D eigenvalue weighted by molar-refractivity contribution is 7.53. The number of aromatic amines is 1. The first-order chi connectivity index (χ1) is 11.5. The quantitative estimate of drug-likeness (QED) is 0.670. The second-order valence-corrected chi connectivity index (χ2v) is 7.49. The smallest absolute Gasteiger partial charge is 0.317 e. The topological polar surface area (TPSA) is 98.6 Å². The van der Waals surface area contributed by atoms with Crippen molar-refractivity contribution < 1.29 is 13.6 Å². The number of rotatable bonds is 6. The third-order valence-electron chi connectivity index (χ3n) is 3.37. The fourth-order valence-electron chi connectivity index (χ4n) is 2.49. The van der Waals surface area contributed by atoms with Crippen molar-refractivity contribution in [3.05, 3.63) is 39.4 Å². The van der Waals surface area contributed by atoms with E-state index in [1.54, 1.807) is 32.0 Å². The highest BCUT2D eigenvalue weighted by Crippen LogP contribution is 2.51. The van der Waals surface area contributed by atoms with Gasteiger partial charge in [0.05, 0.1) is 24.2 Å². The van der Waals surface area contributed by atoms with Gasteiger partial charge in [0.1, 0.15) is 12.0 Å². The summed E-state index contributed by atoms with van der Waals surface area (Å²) >= 11 is 6.06. The first-order valence-corrected chi connectivity index (χ1v) is 9.51. The molecule has 0 saturated heterocycles. The van der Waals surface area contributed by atoms with Gasteiger partial charge in [-0.2, -0.15) is 0 Å². The van der Waals surface area contributed by atoms with E-state index in [2.05, 4.69) is 15.2 Å². The van der Waals surface area contributed by atoms with E-state index in [1.165, 1.54) is 4.40 Å². The van der Waals surface area contributed by atoms with Gasteiger partial charge in [-0.05, 0) is 32.0 Å². The van der Waals surface area contributed by atoms with Crippen LogP contribution in [0.5, 0.6) is 0 Å². The van der Waals surface area contributed by atoms with Gasteiger partial charge < -0.3 is 14.0 Å². The van der Waals surface area contributed by atoms with Crippen molar-refractivity contribution in [1.82, 2.24) is 19.6 Å². The van der Waals surface area contributed by atoms with Crippen LogP contribution < -0.4 is 5.56 Å². The van der Waals surface area contributed by atoms with Gasteiger partial charge in [-0.3, -0.25) is 13.8 Å². The summed E-state index contributed by atoms with van der Waals surface area (Å²) in [6.45, 7) is 3.93. The second-order valence-electron chi connectivity index (χ2n) is 5.00. The largest absolute Gasteiger partial charge is 0.338 e. The summed E-state index contributed by atoms with van der Waals surface area (Å²) in [6, 6.07) is 5.03. The number of benzene rings is 1. The van der Waals surface area contributed by atoms with Crippen molar-refractivity contribution in [3.63, 3.8) is 0 Å². The molecule has 0 atom stereocenters. The van der Waals surface area contributed by atoms with Crippen molar-refractivity contribution in [2.75, 3.05) is 13.2 Å². The zero-order valence-corrected chi connectivity index (χ0v) is 14.8. The Morgan fingerprint density at radius 1 is 1.25 bits per heavy atom. The molecule has 0 saturated carbocycles. The van der Waals surface area contributed by atoms with Gasteiger partial charge in [-0.25, -0.2) is 0 Å². The second kappa shape index (κ2) is 6.64. The summed E-state index contributed by atoms with van der Waals surface area (Å²) in [5.74, 6) is 0.314. The molecule has 3 aromatic rings. The number of nitrogens with zero attached hydrogens (tertiary/aromatic N) is 3. The molecule has 10 heteroatoms. The molecule has 1 aromatic carbocycles. The Hall–Kier alpha value is -1.73. The number of hydrogen-bond donors (Lipinski definition) is 1. The summed E-state index contributed by atoms with van der Waals surface area (Å²) < 4.78 is 24.9. The van der Waals surface area contributed by atoms with E-state index < -0.39 is 13.2 Å². The molecule has 2 heterocycles. The Bertz CT molecular complexity index is 990. The molecular weight excluding hydrogens is 355 g/mol. The summed E-state index contributed by atoms with van der Waals surface area (Å²) in [6.07, 6.45) is -0.0963. The summed E-state index contributed by atoms with van der Waals surface area (Å²) in [7, 11) is -3.39. The first kappa shape index (κ1) is 17.1. The Kier molecular flexibility index (Phi) is 4.73. The van der Waals surface area contributed by atoms with Gasteiger partial charge in [0, 0.05) is 5.02 Å². The third-order valence-corrected chi connectivity index (χ3v) is 5.58. The molecule has 8 nitrogen and oxygen atoms in total. The molecule has 0 unspecified atom stereocenters. The number of H-pyrrole nitrogens is 1. The van der Waals surface area contributed by atoms with Gasteiger partial charge in [0.2, 0.25) is 5.65 Å². The maximum atomic E-state index is 12.8.